The maximum atomic E-state index is 12.7. The lowest BCUT2D eigenvalue weighted by Gasteiger charge is -2.31. The Balaban J connectivity index is 1.24. The highest BCUT2D eigenvalue weighted by atomic mass is 16.5. The van der Waals surface area contributed by atoms with Gasteiger partial charge >= 0.3 is 0 Å². The number of benzene rings is 2. The SMILES string of the molecule is COc1ccccc1NC(=O)C1CCN(C(=O)CCc2nc(-c3ccc(C(C)C)cc3)no2)CC1. The zero-order chi connectivity index (χ0) is 24.8. The van der Waals surface area contributed by atoms with Crippen LogP contribution in [0.2, 0.25) is 0 Å². The first-order valence-corrected chi connectivity index (χ1v) is 12.1. The minimum Gasteiger partial charge on any atom is -0.495 e. The number of ether oxygens (including phenoxy) is 1. The molecule has 0 spiro atoms. The van der Waals surface area contributed by atoms with Gasteiger partial charge in [-0.2, -0.15) is 4.98 Å². The van der Waals surface area contributed by atoms with Crippen molar-refractivity contribution in [3.05, 3.63) is 60.0 Å². The summed E-state index contributed by atoms with van der Waals surface area (Å²) >= 11 is 0. The number of nitrogens with one attached hydrogen (secondary N) is 1. The minimum atomic E-state index is -0.135. The fraction of sp³-hybridized carbons (Fsp3) is 0.407. The van der Waals surface area contributed by atoms with Crippen LogP contribution in [0.15, 0.2) is 53.1 Å². The van der Waals surface area contributed by atoms with Crippen molar-refractivity contribution >= 4 is 17.5 Å². The third-order valence-electron chi connectivity index (χ3n) is 6.44. The molecule has 1 N–H and O–H groups in total. The first kappa shape index (κ1) is 24.4. The molecule has 1 fully saturated rings. The van der Waals surface area contributed by atoms with Crippen LogP contribution < -0.4 is 10.1 Å². The summed E-state index contributed by atoms with van der Waals surface area (Å²) < 4.78 is 10.7. The van der Waals surface area contributed by atoms with Crippen LogP contribution in [0.3, 0.4) is 0 Å². The molecule has 1 aromatic heterocycles. The monoisotopic (exact) mass is 476 g/mol. The number of piperidine rings is 1. The molecule has 1 aliphatic rings. The lowest BCUT2D eigenvalue weighted by molar-refractivity contribution is -0.134. The fourth-order valence-electron chi connectivity index (χ4n) is 4.24. The van der Waals surface area contributed by atoms with Gasteiger partial charge in [-0.05, 0) is 36.5 Å². The Morgan fingerprint density at radius 1 is 1.11 bits per heavy atom. The van der Waals surface area contributed by atoms with E-state index < -0.39 is 0 Å². The molecule has 2 heterocycles. The normalized spacial score (nSPS) is 14.2. The molecule has 0 saturated carbocycles. The second kappa shape index (κ2) is 11.2. The number of aryl methyl sites for hydroxylation is 1. The lowest BCUT2D eigenvalue weighted by atomic mass is 9.95. The average molecular weight is 477 g/mol. The standard InChI is InChI=1S/C27H32N4O4/c1-18(2)19-8-10-20(11-9-19)26-29-24(35-30-26)12-13-25(32)31-16-14-21(15-17-31)27(33)28-22-6-4-5-7-23(22)34-3/h4-11,18,21H,12-17H2,1-3H3,(H,28,33). The number of nitrogens with zero attached hydrogens (tertiary/aromatic N) is 3. The molecule has 0 radical (unpaired) electrons. The van der Waals surface area contributed by atoms with Crippen LogP contribution in [0.25, 0.3) is 11.4 Å². The second-order valence-corrected chi connectivity index (χ2v) is 9.13. The molecule has 1 saturated heterocycles. The van der Waals surface area contributed by atoms with Crippen LogP contribution in [-0.4, -0.2) is 47.1 Å². The first-order chi connectivity index (χ1) is 16.9. The van der Waals surface area contributed by atoms with Crippen molar-refractivity contribution in [2.45, 2.75) is 45.4 Å². The maximum Gasteiger partial charge on any atom is 0.227 e. The molecular weight excluding hydrogens is 444 g/mol. The Hall–Kier alpha value is -3.68. The van der Waals surface area contributed by atoms with Crippen molar-refractivity contribution in [3.8, 4) is 17.1 Å². The summed E-state index contributed by atoms with van der Waals surface area (Å²) in [6.45, 7) is 5.41. The number of likely N-dealkylation sites (tertiary alicyclic amines) is 1. The largest absolute Gasteiger partial charge is 0.495 e. The number of anilines is 1. The van der Waals surface area contributed by atoms with Crippen molar-refractivity contribution in [2.75, 3.05) is 25.5 Å². The average Bonchev–Trinajstić information content (AvgIpc) is 3.37. The number of rotatable bonds is 8. The van der Waals surface area contributed by atoms with E-state index in [1.807, 2.05) is 41.3 Å². The van der Waals surface area contributed by atoms with Crippen LogP contribution in [0.1, 0.15) is 50.5 Å². The third kappa shape index (κ3) is 6.07. The van der Waals surface area contributed by atoms with Gasteiger partial charge in [0.2, 0.25) is 23.5 Å². The summed E-state index contributed by atoms with van der Waals surface area (Å²) in [4.78, 5) is 31.7. The zero-order valence-corrected chi connectivity index (χ0v) is 20.5. The van der Waals surface area contributed by atoms with E-state index in [1.165, 1.54) is 5.56 Å². The quantitative estimate of drug-likeness (QED) is 0.507. The molecule has 4 rings (SSSR count). The van der Waals surface area contributed by atoms with Crippen LogP contribution in [0.4, 0.5) is 5.69 Å². The number of carbonyl (C=O) groups excluding carboxylic acids is 2. The number of methoxy groups -OCH3 is 1. The number of hydrogen-bond acceptors (Lipinski definition) is 6. The predicted molar refractivity (Wildman–Crippen MR) is 133 cm³/mol. The van der Waals surface area contributed by atoms with Gasteiger partial charge in [-0.15, -0.1) is 0 Å². The third-order valence-corrected chi connectivity index (χ3v) is 6.44. The molecule has 0 unspecified atom stereocenters. The molecule has 1 aliphatic heterocycles. The molecular formula is C27H32N4O4. The number of carbonyl (C=O) groups is 2. The molecule has 0 bridgehead atoms. The van der Waals surface area contributed by atoms with Gasteiger partial charge in [0.1, 0.15) is 5.75 Å². The number of amides is 2. The van der Waals surface area contributed by atoms with Gasteiger partial charge in [0, 0.05) is 37.4 Å². The van der Waals surface area contributed by atoms with E-state index in [1.54, 1.807) is 7.11 Å². The highest BCUT2D eigenvalue weighted by molar-refractivity contribution is 5.94. The Morgan fingerprint density at radius 3 is 2.51 bits per heavy atom. The van der Waals surface area contributed by atoms with Crippen molar-refractivity contribution in [2.24, 2.45) is 5.92 Å². The van der Waals surface area contributed by atoms with Gasteiger partial charge < -0.3 is 19.5 Å². The smallest absolute Gasteiger partial charge is 0.227 e. The molecule has 0 aliphatic carbocycles. The zero-order valence-electron chi connectivity index (χ0n) is 20.5. The Labute approximate surface area is 205 Å². The van der Waals surface area contributed by atoms with E-state index in [4.69, 9.17) is 9.26 Å². The van der Waals surface area contributed by atoms with Gasteiger partial charge in [-0.25, -0.2) is 0 Å². The van der Waals surface area contributed by atoms with E-state index in [0.717, 1.165) is 5.56 Å². The first-order valence-electron chi connectivity index (χ1n) is 12.1. The van der Waals surface area contributed by atoms with Crippen LogP contribution in [0, 0.1) is 5.92 Å². The summed E-state index contributed by atoms with van der Waals surface area (Å²) in [5.41, 5.74) is 2.81. The van der Waals surface area contributed by atoms with Crippen LogP contribution in [-0.2, 0) is 16.0 Å². The molecule has 8 heteroatoms. The predicted octanol–water partition coefficient (Wildman–Crippen LogP) is 4.68. The van der Waals surface area contributed by atoms with Crippen molar-refractivity contribution in [1.82, 2.24) is 15.0 Å². The van der Waals surface area contributed by atoms with Crippen molar-refractivity contribution in [3.63, 3.8) is 0 Å². The summed E-state index contributed by atoms with van der Waals surface area (Å²) in [5, 5.41) is 7.01. The van der Waals surface area contributed by atoms with Gasteiger partial charge in [0.05, 0.1) is 12.8 Å². The van der Waals surface area contributed by atoms with E-state index in [0.29, 0.717) is 67.8 Å². The van der Waals surface area contributed by atoms with E-state index in [-0.39, 0.29) is 17.7 Å². The van der Waals surface area contributed by atoms with Crippen LogP contribution >= 0.6 is 0 Å². The Morgan fingerprint density at radius 2 is 1.83 bits per heavy atom. The lowest BCUT2D eigenvalue weighted by Crippen LogP contribution is -2.41. The minimum absolute atomic E-state index is 0.0367. The van der Waals surface area contributed by atoms with Gasteiger partial charge in [-0.3, -0.25) is 9.59 Å². The fourth-order valence-corrected chi connectivity index (χ4v) is 4.24. The summed E-state index contributed by atoms with van der Waals surface area (Å²) in [5.74, 6) is 1.94. The number of aromatic nitrogens is 2. The van der Waals surface area contributed by atoms with Crippen LogP contribution in [0.5, 0.6) is 5.75 Å². The highest BCUT2D eigenvalue weighted by Gasteiger charge is 2.28. The molecule has 2 amide bonds. The molecule has 184 valence electrons. The number of para-hydroxylation sites is 2. The molecule has 8 nitrogen and oxygen atoms in total. The van der Waals surface area contributed by atoms with Gasteiger partial charge in [0.25, 0.3) is 0 Å². The summed E-state index contributed by atoms with van der Waals surface area (Å²) in [6, 6.07) is 15.5. The summed E-state index contributed by atoms with van der Waals surface area (Å²) in [7, 11) is 1.58. The van der Waals surface area contributed by atoms with Gasteiger partial charge in [-0.1, -0.05) is 55.4 Å². The van der Waals surface area contributed by atoms with Crippen molar-refractivity contribution in [1.29, 1.82) is 0 Å². The molecule has 2 aromatic carbocycles. The van der Waals surface area contributed by atoms with Gasteiger partial charge in [0.15, 0.2) is 0 Å². The highest BCUT2D eigenvalue weighted by Crippen LogP contribution is 2.26. The number of hydrogen-bond donors (Lipinski definition) is 1. The maximum absolute atomic E-state index is 12.7. The second-order valence-electron chi connectivity index (χ2n) is 9.13. The summed E-state index contributed by atoms with van der Waals surface area (Å²) in [6.07, 6.45) is 1.95. The molecule has 3 aromatic rings. The van der Waals surface area contributed by atoms with Crippen molar-refractivity contribution < 1.29 is 18.8 Å². The van der Waals surface area contributed by atoms with E-state index in [2.05, 4.69) is 41.4 Å². The Bertz CT molecular complexity index is 1150. The topological polar surface area (TPSA) is 97.6 Å². The molecule has 0 atom stereocenters. The Kier molecular flexibility index (Phi) is 7.80. The van der Waals surface area contributed by atoms with E-state index in [9.17, 15) is 9.59 Å². The molecule has 35 heavy (non-hydrogen) atoms. The van der Waals surface area contributed by atoms with E-state index >= 15 is 0 Å².